The lowest BCUT2D eigenvalue weighted by Crippen LogP contribution is -2.11. The van der Waals surface area contributed by atoms with Gasteiger partial charge < -0.3 is 5.32 Å². The van der Waals surface area contributed by atoms with Crippen molar-refractivity contribution in [3.63, 3.8) is 0 Å². The summed E-state index contributed by atoms with van der Waals surface area (Å²) in [6, 6.07) is 6.44. The van der Waals surface area contributed by atoms with E-state index in [2.05, 4.69) is 54.6 Å². The Balaban J connectivity index is 2.27. The van der Waals surface area contributed by atoms with E-state index < -0.39 is 0 Å². The quantitative estimate of drug-likeness (QED) is 0.896. The molecule has 0 aliphatic heterocycles. The average molecular weight is 245 g/mol. The maximum atomic E-state index is 4.75. The number of para-hydroxylation sites is 1. The molecule has 1 heterocycles. The highest BCUT2D eigenvalue weighted by Gasteiger charge is 2.15. The van der Waals surface area contributed by atoms with Crippen LogP contribution in [0.5, 0.6) is 0 Å². The zero-order valence-electron chi connectivity index (χ0n) is 11.3. The standard InChI is InChI=1S/C14H19N3O/c1-5-12-8-6-7-9(2)13(12)15-10(3)14-11(4)16-18-17-14/h6-8,10,15H,5H2,1-4H3. The molecule has 1 atom stereocenters. The molecule has 1 aromatic carbocycles. The van der Waals surface area contributed by atoms with Gasteiger partial charge in [-0.15, -0.1) is 0 Å². The van der Waals surface area contributed by atoms with Gasteiger partial charge in [-0.3, -0.25) is 0 Å². The van der Waals surface area contributed by atoms with Crippen molar-refractivity contribution < 1.29 is 4.63 Å². The van der Waals surface area contributed by atoms with Gasteiger partial charge in [0.1, 0.15) is 11.4 Å². The molecule has 0 spiro atoms. The zero-order chi connectivity index (χ0) is 13.1. The molecular weight excluding hydrogens is 226 g/mol. The molecule has 0 fully saturated rings. The second kappa shape index (κ2) is 5.21. The molecule has 0 radical (unpaired) electrons. The first-order chi connectivity index (χ1) is 8.63. The Morgan fingerprint density at radius 1 is 1.28 bits per heavy atom. The third kappa shape index (κ3) is 2.37. The SMILES string of the molecule is CCc1cccc(C)c1NC(C)c1nonc1C. The highest BCUT2D eigenvalue weighted by atomic mass is 16.6. The molecule has 96 valence electrons. The molecule has 1 unspecified atom stereocenters. The molecule has 0 bridgehead atoms. The van der Waals surface area contributed by atoms with Crippen LogP contribution in [-0.2, 0) is 6.42 Å². The molecule has 4 nitrogen and oxygen atoms in total. The number of nitrogens with one attached hydrogen (secondary N) is 1. The number of rotatable bonds is 4. The first kappa shape index (κ1) is 12.6. The van der Waals surface area contributed by atoms with Crippen molar-refractivity contribution in [3.8, 4) is 0 Å². The monoisotopic (exact) mass is 245 g/mol. The zero-order valence-corrected chi connectivity index (χ0v) is 11.3. The van der Waals surface area contributed by atoms with Crippen molar-refractivity contribution in [2.45, 2.75) is 40.2 Å². The summed E-state index contributed by atoms with van der Waals surface area (Å²) >= 11 is 0. The fourth-order valence-electron chi connectivity index (χ4n) is 2.15. The highest BCUT2D eigenvalue weighted by Crippen LogP contribution is 2.26. The molecule has 1 N–H and O–H groups in total. The van der Waals surface area contributed by atoms with E-state index in [4.69, 9.17) is 4.63 Å². The van der Waals surface area contributed by atoms with Crippen LogP contribution < -0.4 is 5.32 Å². The molecule has 0 aliphatic carbocycles. The Bertz CT molecular complexity index is 534. The summed E-state index contributed by atoms with van der Waals surface area (Å²) in [5.74, 6) is 0. The first-order valence-electron chi connectivity index (χ1n) is 6.27. The van der Waals surface area contributed by atoms with Gasteiger partial charge in [-0.05, 0) is 38.3 Å². The number of aromatic nitrogens is 2. The van der Waals surface area contributed by atoms with E-state index >= 15 is 0 Å². The topological polar surface area (TPSA) is 51.0 Å². The van der Waals surface area contributed by atoms with Gasteiger partial charge in [0.25, 0.3) is 0 Å². The predicted molar refractivity (Wildman–Crippen MR) is 71.6 cm³/mol. The summed E-state index contributed by atoms with van der Waals surface area (Å²) in [7, 11) is 0. The highest BCUT2D eigenvalue weighted by molar-refractivity contribution is 5.58. The lowest BCUT2D eigenvalue weighted by Gasteiger charge is -2.18. The predicted octanol–water partition coefficient (Wildman–Crippen LogP) is 3.42. The fourth-order valence-corrected chi connectivity index (χ4v) is 2.15. The minimum absolute atomic E-state index is 0.0858. The normalized spacial score (nSPS) is 12.4. The van der Waals surface area contributed by atoms with Crippen molar-refractivity contribution in [1.29, 1.82) is 0 Å². The maximum Gasteiger partial charge on any atom is 0.129 e. The first-order valence-corrected chi connectivity index (χ1v) is 6.27. The van der Waals surface area contributed by atoms with Crippen LogP contribution in [0.1, 0.15) is 42.4 Å². The lowest BCUT2D eigenvalue weighted by molar-refractivity contribution is 0.300. The maximum absolute atomic E-state index is 4.75. The molecule has 0 amide bonds. The van der Waals surface area contributed by atoms with Crippen LogP contribution in [0.4, 0.5) is 5.69 Å². The second-order valence-electron chi connectivity index (χ2n) is 4.56. The van der Waals surface area contributed by atoms with E-state index in [0.717, 1.165) is 17.8 Å². The Morgan fingerprint density at radius 2 is 2.06 bits per heavy atom. The van der Waals surface area contributed by atoms with Crippen molar-refractivity contribution in [3.05, 3.63) is 40.7 Å². The van der Waals surface area contributed by atoms with Crippen LogP contribution in [0.2, 0.25) is 0 Å². The Kier molecular flexibility index (Phi) is 3.65. The summed E-state index contributed by atoms with van der Waals surface area (Å²) in [5.41, 5.74) is 5.45. The molecular formula is C14H19N3O. The molecule has 0 saturated carbocycles. The molecule has 2 aromatic rings. The summed E-state index contributed by atoms with van der Waals surface area (Å²) in [6.45, 7) is 8.25. The molecule has 2 rings (SSSR count). The third-order valence-corrected chi connectivity index (χ3v) is 3.20. The second-order valence-corrected chi connectivity index (χ2v) is 4.56. The minimum atomic E-state index is 0.0858. The van der Waals surface area contributed by atoms with Crippen LogP contribution in [0.3, 0.4) is 0 Å². The van der Waals surface area contributed by atoms with Crippen molar-refractivity contribution in [2.24, 2.45) is 0 Å². The van der Waals surface area contributed by atoms with Gasteiger partial charge >= 0.3 is 0 Å². The summed E-state index contributed by atoms with van der Waals surface area (Å²) in [4.78, 5) is 0. The molecule has 18 heavy (non-hydrogen) atoms. The van der Waals surface area contributed by atoms with E-state index in [0.29, 0.717) is 0 Å². The van der Waals surface area contributed by atoms with Crippen molar-refractivity contribution in [1.82, 2.24) is 10.3 Å². The van der Waals surface area contributed by atoms with E-state index in [1.165, 1.54) is 16.8 Å². The largest absolute Gasteiger partial charge is 0.376 e. The Hall–Kier alpha value is -1.84. The van der Waals surface area contributed by atoms with Gasteiger partial charge in [-0.2, -0.15) is 0 Å². The van der Waals surface area contributed by atoms with E-state index in [-0.39, 0.29) is 6.04 Å². The number of hydrogen-bond acceptors (Lipinski definition) is 4. The van der Waals surface area contributed by atoms with Gasteiger partial charge in [0.15, 0.2) is 0 Å². The third-order valence-electron chi connectivity index (χ3n) is 3.20. The summed E-state index contributed by atoms with van der Waals surface area (Å²) < 4.78 is 4.75. The van der Waals surface area contributed by atoms with Crippen LogP contribution in [0, 0.1) is 13.8 Å². The number of benzene rings is 1. The van der Waals surface area contributed by atoms with E-state index in [1.54, 1.807) is 0 Å². The van der Waals surface area contributed by atoms with Crippen LogP contribution in [0.15, 0.2) is 22.8 Å². The van der Waals surface area contributed by atoms with E-state index in [9.17, 15) is 0 Å². The van der Waals surface area contributed by atoms with Gasteiger partial charge in [0.2, 0.25) is 0 Å². The van der Waals surface area contributed by atoms with Crippen molar-refractivity contribution >= 4 is 5.69 Å². The smallest absolute Gasteiger partial charge is 0.129 e. The molecule has 1 aromatic heterocycles. The van der Waals surface area contributed by atoms with Crippen LogP contribution in [0.25, 0.3) is 0 Å². The average Bonchev–Trinajstić information content (AvgIpc) is 2.78. The van der Waals surface area contributed by atoms with Crippen molar-refractivity contribution in [2.75, 3.05) is 5.32 Å². The number of hydrogen-bond donors (Lipinski definition) is 1. The van der Waals surface area contributed by atoms with Gasteiger partial charge in [0, 0.05) is 5.69 Å². The Labute approximate surface area is 107 Å². The van der Waals surface area contributed by atoms with Gasteiger partial charge in [-0.1, -0.05) is 35.4 Å². The van der Waals surface area contributed by atoms with E-state index in [1.807, 2.05) is 6.92 Å². The number of nitrogens with zero attached hydrogens (tertiary/aromatic N) is 2. The summed E-state index contributed by atoms with van der Waals surface area (Å²) in [6.07, 6.45) is 1.01. The summed E-state index contributed by atoms with van der Waals surface area (Å²) in [5, 5.41) is 11.3. The minimum Gasteiger partial charge on any atom is -0.376 e. The van der Waals surface area contributed by atoms with Gasteiger partial charge in [0.05, 0.1) is 6.04 Å². The molecule has 0 aliphatic rings. The molecule has 0 saturated heterocycles. The van der Waals surface area contributed by atoms with Crippen LogP contribution in [-0.4, -0.2) is 10.3 Å². The number of aryl methyl sites for hydroxylation is 3. The lowest BCUT2D eigenvalue weighted by atomic mass is 10.0. The Morgan fingerprint density at radius 3 is 2.67 bits per heavy atom. The number of anilines is 1. The molecule has 4 heteroatoms. The fraction of sp³-hybridized carbons (Fsp3) is 0.429. The van der Waals surface area contributed by atoms with Gasteiger partial charge in [-0.25, -0.2) is 4.63 Å². The van der Waals surface area contributed by atoms with Crippen LogP contribution >= 0.6 is 0 Å².